The first kappa shape index (κ1) is 13.3. The van der Waals surface area contributed by atoms with Crippen LogP contribution in [0.3, 0.4) is 0 Å². The van der Waals surface area contributed by atoms with Crippen molar-refractivity contribution in [2.45, 2.75) is 36.6 Å². The molecule has 6 atom stereocenters. The van der Waals surface area contributed by atoms with Crippen LogP contribution in [0.15, 0.2) is 0 Å². The van der Waals surface area contributed by atoms with Gasteiger partial charge in [-0.05, 0) is 0 Å². The molecule has 1 rings (SSSR count). The Bertz CT molecular complexity index is 256. The molecule has 0 aromatic rings. The van der Waals surface area contributed by atoms with Crippen LogP contribution in [0.4, 0.5) is 0 Å². The second-order valence-electron chi connectivity index (χ2n) is 3.57. The van der Waals surface area contributed by atoms with Crippen LogP contribution in [0.2, 0.25) is 0 Å². The summed E-state index contributed by atoms with van der Waals surface area (Å²) in [4.78, 5) is 10.8. The van der Waals surface area contributed by atoms with E-state index >= 15 is 0 Å². The van der Waals surface area contributed by atoms with Crippen molar-refractivity contribution in [2.24, 2.45) is 0 Å². The molecule has 0 bridgehead atoms. The van der Waals surface area contributed by atoms with Gasteiger partial charge in [0.2, 0.25) is 0 Å². The number of ether oxygens (including phenoxy) is 1. The fraction of sp³-hybridized carbons (Fsp3) is 0.875. The zero-order valence-corrected chi connectivity index (χ0v) is 8.17. The topological polar surface area (TPSA) is 148 Å². The summed E-state index contributed by atoms with van der Waals surface area (Å²) in [5.41, 5.74) is 0. The monoisotopic (exact) mass is 238 g/mol. The highest BCUT2D eigenvalue weighted by Gasteiger charge is 2.48. The molecule has 0 amide bonds. The van der Waals surface area contributed by atoms with E-state index in [2.05, 4.69) is 4.74 Å². The zero-order valence-electron chi connectivity index (χ0n) is 8.17. The lowest BCUT2D eigenvalue weighted by Crippen LogP contribution is -2.50. The number of cyclic esters (lactones) is 1. The van der Waals surface area contributed by atoms with Crippen LogP contribution in [0.1, 0.15) is 0 Å². The third kappa shape index (κ3) is 2.32. The number of rotatable bonds is 4. The maximum absolute atomic E-state index is 10.8. The molecule has 94 valence electrons. The molecular weight excluding hydrogens is 224 g/mol. The molecule has 1 aliphatic heterocycles. The number of hydrogen-bond donors (Lipinski definition) is 6. The first-order valence-electron chi connectivity index (χ1n) is 4.61. The number of aliphatic hydroxyl groups excluding tert-OH is 6. The molecule has 0 spiro atoms. The molecule has 0 unspecified atom stereocenters. The maximum Gasteiger partial charge on any atom is 0.338 e. The van der Waals surface area contributed by atoms with Crippen molar-refractivity contribution in [3.8, 4) is 0 Å². The van der Waals surface area contributed by atoms with Crippen LogP contribution >= 0.6 is 0 Å². The number of esters is 1. The Balaban J connectivity index is 2.68. The Kier molecular flexibility index (Phi) is 4.19. The minimum absolute atomic E-state index is 0.808. The van der Waals surface area contributed by atoms with E-state index in [1.165, 1.54) is 0 Å². The van der Waals surface area contributed by atoms with Gasteiger partial charge in [-0.25, -0.2) is 4.79 Å². The van der Waals surface area contributed by atoms with E-state index in [0.717, 1.165) is 0 Å². The predicted molar refractivity (Wildman–Crippen MR) is 47.0 cm³/mol. The minimum atomic E-state index is -1.81. The third-order valence-electron chi connectivity index (χ3n) is 2.42. The van der Waals surface area contributed by atoms with Gasteiger partial charge in [-0.3, -0.25) is 0 Å². The Morgan fingerprint density at radius 1 is 1.25 bits per heavy atom. The molecule has 0 aromatic carbocycles. The smallest absolute Gasteiger partial charge is 0.338 e. The highest BCUT2D eigenvalue weighted by atomic mass is 16.6. The van der Waals surface area contributed by atoms with E-state index in [9.17, 15) is 20.1 Å². The number of carbonyl (C=O) groups is 1. The van der Waals surface area contributed by atoms with Gasteiger partial charge in [0.15, 0.2) is 12.2 Å². The van der Waals surface area contributed by atoms with Crippen LogP contribution in [0.25, 0.3) is 0 Å². The summed E-state index contributed by atoms with van der Waals surface area (Å²) >= 11 is 0. The van der Waals surface area contributed by atoms with E-state index in [-0.39, 0.29) is 0 Å². The van der Waals surface area contributed by atoms with Gasteiger partial charge in [-0.1, -0.05) is 0 Å². The minimum Gasteiger partial charge on any atom is -0.455 e. The van der Waals surface area contributed by atoms with Gasteiger partial charge < -0.3 is 35.4 Å². The summed E-state index contributed by atoms with van der Waals surface area (Å²) < 4.78 is 4.42. The standard InChI is InChI=1S/C8H14O8/c9-1-2(10)3(11)4(12)7-5(13)6(14)8(15)16-7/h2-7,9-14H,1H2/t2-,3-,4+,5-,6+,7+/m0/s1. The van der Waals surface area contributed by atoms with Crippen LogP contribution in [0, 0.1) is 0 Å². The van der Waals surface area contributed by atoms with E-state index in [4.69, 9.17) is 15.3 Å². The van der Waals surface area contributed by atoms with Crippen LogP contribution in [0.5, 0.6) is 0 Å². The molecule has 1 heterocycles. The molecule has 8 heteroatoms. The summed E-state index contributed by atoms with van der Waals surface area (Å²) in [6.45, 7) is -0.808. The molecule has 0 aliphatic carbocycles. The van der Waals surface area contributed by atoms with Gasteiger partial charge in [0.05, 0.1) is 6.61 Å². The van der Waals surface area contributed by atoms with Gasteiger partial charge in [0, 0.05) is 0 Å². The summed E-state index contributed by atoms with van der Waals surface area (Å²) in [6, 6.07) is 0. The molecule has 0 saturated carbocycles. The second kappa shape index (κ2) is 5.04. The molecule has 1 fully saturated rings. The Morgan fingerprint density at radius 2 is 1.81 bits per heavy atom. The molecular formula is C8H14O8. The number of aliphatic hydroxyl groups is 6. The van der Waals surface area contributed by atoms with Gasteiger partial charge in [-0.15, -0.1) is 0 Å². The van der Waals surface area contributed by atoms with E-state index in [1.807, 2.05) is 0 Å². The third-order valence-corrected chi connectivity index (χ3v) is 2.42. The van der Waals surface area contributed by atoms with Crippen molar-refractivity contribution in [3.05, 3.63) is 0 Å². The average molecular weight is 238 g/mol. The van der Waals surface area contributed by atoms with Crippen LogP contribution in [-0.2, 0) is 9.53 Å². The fourth-order valence-electron chi connectivity index (χ4n) is 1.39. The van der Waals surface area contributed by atoms with Crippen molar-refractivity contribution in [1.29, 1.82) is 0 Å². The molecule has 0 radical (unpaired) electrons. The molecule has 8 nitrogen and oxygen atoms in total. The second-order valence-corrected chi connectivity index (χ2v) is 3.57. The highest BCUT2D eigenvalue weighted by molar-refractivity contribution is 5.77. The molecule has 6 N–H and O–H groups in total. The normalized spacial score (nSPS) is 35.6. The van der Waals surface area contributed by atoms with Gasteiger partial charge in [-0.2, -0.15) is 0 Å². The molecule has 0 aromatic heterocycles. The first-order valence-corrected chi connectivity index (χ1v) is 4.61. The van der Waals surface area contributed by atoms with Crippen LogP contribution in [-0.4, -0.2) is 79.8 Å². The van der Waals surface area contributed by atoms with Gasteiger partial charge in [0.1, 0.15) is 24.4 Å². The van der Waals surface area contributed by atoms with Crippen molar-refractivity contribution in [2.75, 3.05) is 6.61 Å². The largest absolute Gasteiger partial charge is 0.455 e. The quantitative estimate of drug-likeness (QED) is 0.269. The van der Waals surface area contributed by atoms with Crippen molar-refractivity contribution in [3.63, 3.8) is 0 Å². The summed E-state index contributed by atoms with van der Waals surface area (Å²) in [7, 11) is 0. The summed E-state index contributed by atoms with van der Waals surface area (Å²) in [6.07, 6.45) is -10.3. The van der Waals surface area contributed by atoms with Gasteiger partial charge in [0.25, 0.3) is 0 Å². The average Bonchev–Trinajstić information content (AvgIpc) is 2.54. The number of carbonyl (C=O) groups excluding carboxylic acids is 1. The first-order chi connectivity index (χ1) is 7.40. The van der Waals surface area contributed by atoms with E-state index in [0.29, 0.717) is 0 Å². The van der Waals surface area contributed by atoms with Crippen molar-refractivity contribution < 1.29 is 40.2 Å². The lowest BCUT2D eigenvalue weighted by Gasteiger charge is -2.26. The maximum atomic E-state index is 10.8. The van der Waals surface area contributed by atoms with E-state index < -0.39 is 49.2 Å². The van der Waals surface area contributed by atoms with Gasteiger partial charge >= 0.3 is 5.97 Å². The van der Waals surface area contributed by atoms with Crippen molar-refractivity contribution >= 4 is 5.97 Å². The molecule has 16 heavy (non-hydrogen) atoms. The lowest BCUT2D eigenvalue weighted by molar-refractivity contribution is -0.159. The number of hydrogen-bond acceptors (Lipinski definition) is 8. The SMILES string of the molecule is O=C1O[C@H]([C@H](O)[C@@H](O)[C@@H](O)CO)[C@@H](O)[C@H]1O. The zero-order chi connectivity index (χ0) is 12.5. The highest BCUT2D eigenvalue weighted by Crippen LogP contribution is 2.21. The molecule has 1 aliphatic rings. The lowest BCUT2D eigenvalue weighted by atomic mass is 9.99. The Hall–Kier alpha value is -0.770. The Morgan fingerprint density at radius 3 is 2.19 bits per heavy atom. The molecule has 1 saturated heterocycles. The Labute approximate surface area is 90.3 Å². The van der Waals surface area contributed by atoms with E-state index in [1.54, 1.807) is 0 Å². The fourth-order valence-corrected chi connectivity index (χ4v) is 1.39. The van der Waals surface area contributed by atoms with Crippen molar-refractivity contribution in [1.82, 2.24) is 0 Å². The summed E-state index contributed by atoms with van der Waals surface area (Å²) in [5.74, 6) is -1.12. The summed E-state index contributed by atoms with van der Waals surface area (Å²) in [5, 5.41) is 54.6. The predicted octanol–water partition coefficient (Wildman–Crippen LogP) is -4.29. The van der Waals surface area contributed by atoms with Crippen LogP contribution < -0.4 is 0 Å².